The van der Waals surface area contributed by atoms with E-state index in [9.17, 15) is 0 Å². The third-order valence-electron chi connectivity index (χ3n) is 3.43. The lowest BCUT2D eigenvalue weighted by molar-refractivity contribution is 0.194. The van der Waals surface area contributed by atoms with Gasteiger partial charge in [0.2, 0.25) is 0 Å². The lowest BCUT2D eigenvalue weighted by Crippen LogP contribution is -2.35. The molecule has 0 unspecified atom stereocenters. The van der Waals surface area contributed by atoms with Crippen molar-refractivity contribution in [1.29, 1.82) is 0 Å². The summed E-state index contributed by atoms with van der Waals surface area (Å²) >= 11 is 3.35. The minimum atomic E-state index is 0.824. The van der Waals surface area contributed by atoms with Crippen LogP contribution in [0.4, 0.5) is 0 Å². The van der Waals surface area contributed by atoms with E-state index in [1.165, 1.54) is 32.5 Å². The van der Waals surface area contributed by atoms with Crippen LogP contribution >= 0.6 is 15.9 Å². The molecule has 2 heterocycles. The fraction of sp³-hybridized carbons (Fsp3) is 0.692. The predicted molar refractivity (Wildman–Crippen MR) is 73.0 cm³/mol. The van der Waals surface area contributed by atoms with Crippen LogP contribution in [-0.2, 0) is 6.54 Å². The second-order valence-electron chi connectivity index (χ2n) is 4.73. The van der Waals surface area contributed by atoms with E-state index in [2.05, 4.69) is 39.1 Å². The summed E-state index contributed by atoms with van der Waals surface area (Å²) in [4.78, 5) is 2.47. The zero-order valence-electron chi connectivity index (χ0n) is 10.4. The highest BCUT2D eigenvalue weighted by Crippen LogP contribution is 2.18. The van der Waals surface area contributed by atoms with Crippen molar-refractivity contribution >= 4 is 15.9 Å². The van der Waals surface area contributed by atoms with Crippen molar-refractivity contribution < 1.29 is 4.42 Å². The molecule has 4 heteroatoms. The second-order valence-corrected chi connectivity index (χ2v) is 5.51. The molecule has 0 atom stereocenters. The van der Waals surface area contributed by atoms with Crippen LogP contribution in [-0.4, -0.2) is 31.1 Å². The lowest BCUT2D eigenvalue weighted by Gasteiger charge is -2.28. The fourth-order valence-electron chi connectivity index (χ4n) is 2.39. The first-order chi connectivity index (χ1) is 8.28. The van der Waals surface area contributed by atoms with Crippen molar-refractivity contribution in [3.63, 3.8) is 0 Å². The Morgan fingerprint density at radius 3 is 2.76 bits per heavy atom. The SMILES string of the molecule is CCN(Cc1ccc(Br)o1)CC1CCNCC1. The predicted octanol–water partition coefficient (Wildman–Crippen LogP) is 2.86. The Bertz CT molecular complexity index is 334. The Labute approximate surface area is 112 Å². The van der Waals surface area contributed by atoms with Crippen molar-refractivity contribution in [3.8, 4) is 0 Å². The Kier molecular flexibility index (Phi) is 5.07. The highest BCUT2D eigenvalue weighted by Gasteiger charge is 2.17. The van der Waals surface area contributed by atoms with Gasteiger partial charge in [-0.1, -0.05) is 6.92 Å². The standard InChI is InChI=1S/C13H21BrN2O/c1-2-16(9-11-5-7-15-8-6-11)10-12-3-4-13(14)17-12/h3-4,11,15H,2,5-10H2,1H3. The van der Waals surface area contributed by atoms with Crippen molar-refractivity contribution in [1.82, 2.24) is 10.2 Å². The summed E-state index contributed by atoms with van der Waals surface area (Å²) in [5.41, 5.74) is 0. The quantitative estimate of drug-likeness (QED) is 0.906. The molecule has 0 spiro atoms. The Balaban J connectivity index is 1.83. The molecule has 0 amide bonds. The van der Waals surface area contributed by atoms with Gasteiger partial charge >= 0.3 is 0 Å². The van der Waals surface area contributed by atoms with E-state index in [0.717, 1.165) is 29.4 Å². The minimum Gasteiger partial charge on any atom is -0.453 e. The molecule has 0 saturated carbocycles. The van der Waals surface area contributed by atoms with Gasteiger partial charge < -0.3 is 9.73 Å². The topological polar surface area (TPSA) is 28.4 Å². The number of nitrogens with zero attached hydrogens (tertiary/aromatic N) is 1. The van der Waals surface area contributed by atoms with E-state index in [1.807, 2.05) is 6.07 Å². The van der Waals surface area contributed by atoms with E-state index in [0.29, 0.717) is 0 Å². The lowest BCUT2D eigenvalue weighted by atomic mass is 9.97. The molecule has 0 bridgehead atoms. The summed E-state index contributed by atoms with van der Waals surface area (Å²) < 4.78 is 6.39. The number of piperidine rings is 1. The number of hydrogen-bond acceptors (Lipinski definition) is 3. The van der Waals surface area contributed by atoms with Gasteiger partial charge in [0.05, 0.1) is 6.54 Å². The van der Waals surface area contributed by atoms with Crippen LogP contribution in [0.25, 0.3) is 0 Å². The highest BCUT2D eigenvalue weighted by atomic mass is 79.9. The van der Waals surface area contributed by atoms with Crippen LogP contribution in [0, 0.1) is 5.92 Å². The molecule has 2 rings (SSSR count). The summed E-state index contributed by atoms with van der Waals surface area (Å²) in [6, 6.07) is 4.02. The Morgan fingerprint density at radius 2 is 2.18 bits per heavy atom. The van der Waals surface area contributed by atoms with Crippen LogP contribution in [0.3, 0.4) is 0 Å². The number of furan rings is 1. The summed E-state index contributed by atoms with van der Waals surface area (Å²) in [6.07, 6.45) is 2.61. The molecule has 1 aromatic heterocycles. The largest absolute Gasteiger partial charge is 0.453 e. The summed E-state index contributed by atoms with van der Waals surface area (Å²) in [7, 11) is 0. The van der Waals surface area contributed by atoms with Gasteiger partial charge in [-0.15, -0.1) is 0 Å². The molecule has 1 aliphatic rings. The monoisotopic (exact) mass is 300 g/mol. The van der Waals surface area contributed by atoms with Crippen LogP contribution in [0.15, 0.2) is 21.2 Å². The third kappa shape index (κ3) is 4.12. The Hall–Kier alpha value is -0.320. The highest BCUT2D eigenvalue weighted by molar-refractivity contribution is 9.10. The minimum absolute atomic E-state index is 0.824. The van der Waals surface area contributed by atoms with Crippen molar-refractivity contribution in [2.45, 2.75) is 26.3 Å². The molecule has 0 radical (unpaired) electrons. The molecule has 0 aromatic carbocycles. The van der Waals surface area contributed by atoms with E-state index in [1.54, 1.807) is 0 Å². The number of rotatable bonds is 5. The Morgan fingerprint density at radius 1 is 1.41 bits per heavy atom. The summed E-state index contributed by atoms with van der Waals surface area (Å²) in [5, 5.41) is 3.42. The zero-order valence-corrected chi connectivity index (χ0v) is 12.0. The zero-order chi connectivity index (χ0) is 12.1. The normalized spacial score (nSPS) is 17.8. The maximum Gasteiger partial charge on any atom is 0.169 e. The first-order valence-corrected chi connectivity index (χ1v) is 7.24. The van der Waals surface area contributed by atoms with E-state index in [4.69, 9.17) is 4.42 Å². The van der Waals surface area contributed by atoms with Gasteiger partial charge in [0.25, 0.3) is 0 Å². The first-order valence-electron chi connectivity index (χ1n) is 6.45. The van der Waals surface area contributed by atoms with Gasteiger partial charge in [0, 0.05) is 6.54 Å². The number of halogens is 1. The molecular formula is C13H21BrN2O. The average molecular weight is 301 g/mol. The molecule has 1 N–H and O–H groups in total. The number of nitrogens with one attached hydrogen (secondary N) is 1. The number of hydrogen-bond donors (Lipinski definition) is 1. The molecular weight excluding hydrogens is 280 g/mol. The molecule has 1 saturated heterocycles. The molecule has 3 nitrogen and oxygen atoms in total. The second kappa shape index (κ2) is 6.57. The van der Waals surface area contributed by atoms with Crippen LogP contribution in [0.1, 0.15) is 25.5 Å². The van der Waals surface area contributed by atoms with Crippen molar-refractivity contribution in [3.05, 3.63) is 22.6 Å². The van der Waals surface area contributed by atoms with Crippen LogP contribution in [0.5, 0.6) is 0 Å². The summed E-state index contributed by atoms with van der Waals surface area (Å²) in [5.74, 6) is 1.89. The molecule has 1 aliphatic heterocycles. The smallest absolute Gasteiger partial charge is 0.169 e. The molecule has 17 heavy (non-hydrogen) atoms. The van der Waals surface area contributed by atoms with E-state index < -0.39 is 0 Å². The molecule has 96 valence electrons. The van der Waals surface area contributed by atoms with Crippen molar-refractivity contribution in [2.24, 2.45) is 5.92 Å². The van der Waals surface area contributed by atoms with Gasteiger partial charge in [-0.05, 0) is 66.5 Å². The molecule has 1 fully saturated rings. The van der Waals surface area contributed by atoms with Crippen molar-refractivity contribution in [2.75, 3.05) is 26.2 Å². The van der Waals surface area contributed by atoms with Gasteiger partial charge in [-0.3, -0.25) is 4.90 Å². The molecule has 0 aliphatic carbocycles. The van der Waals surface area contributed by atoms with E-state index in [-0.39, 0.29) is 0 Å². The maximum absolute atomic E-state index is 5.57. The van der Waals surface area contributed by atoms with Crippen LogP contribution < -0.4 is 5.32 Å². The van der Waals surface area contributed by atoms with Gasteiger partial charge in [-0.2, -0.15) is 0 Å². The third-order valence-corrected chi connectivity index (χ3v) is 3.86. The maximum atomic E-state index is 5.57. The van der Waals surface area contributed by atoms with Crippen LogP contribution in [0.2, 0.25) is 0 Å². The van der Waals surface area contributed by atoms with Gasteiger partial charge in [0.1, 0.15) is 5.76 Å². The molecule has 1 aromatic rings. The fourth-order valence-corrected chi connectivity index (χ4v) is 2.73. The first kappa shape index (κ1) is 13.1. The van der Waals surface area contributed by atoms with Gasteiger partial charge in [0.15, 0.2) is 4.67 Å². The summed E-state index contributed by atoms with van der Waals surface area (Å²) in [6.45, 7) is 7.77. The van der Waals surface area contributed by atoms with E-state index >= 15 is 0 Å². The van der Waals surface area contributed by atoms with Gasteiger partial charge in [-0.25, -0.2) is 0 Å². The average Bonchev–Trinajstić information content (AvgIpc) is 2.75.